The Morgan fingerprint density at radius 3 is 2.59 bits per heavy atom. The van der Waals surface area contributed by atoms with Crippen LogP contribution in [0.5, 0.6) is 0 Å². The lowest BCUT2D eigenvalue weighted by molar-refractivity contribution is 0.0205. The van der Waals surface area contributed by atoms with E-state index in [1.165, 1.54) is 0 Å². The number of hydrogen-bond acceptors (Lipinski definition) is 5. The standard InChI is InChI=1S/C16H26N4O2/c1-16(2,3)22-15(21)20-9-6-12(7-10-20)19(4)14-5-8-18-11-13(14)17/h5,8,11-12H,6-7,9-10,17H2,1-4H3. The number of nitrogen functional groups attached to an aromatic ring is 1. The van der Waals surface area contributed by atoms with Crippen LogP contribution in [0.15, 0.2) is 18.5 Å². The average Bonchev–Trinajstić information content (AvgIpc) is 2.45. The molecule has 2 rings (SSSR count). The second-order valence-corrected chi connectivity index (χ2v) is 6.74. The third-order valence-electron chi connectivity index (χ3n) is 3.87. The molecule has 0 unspecified atom stereocenters. The number of pyridine rings is 1. The highest BCUT2D eigenvalue weighted by Gasteiger charge is 2.28. The van der Waals surface area contributed by atoms with Crippen molar-refractivity contribution < 1.29 is 9.53 Å². The van der Waals surface area contributed by atoms with Gasteiger partial charge in [0, 0.05) is 32.4 Å². The molecule has 1 aliphatic rings. The molecule has 6 nitrogen and oxygen atoms in total. The number of piperidine rings is 1. The van der Waals surface area contributed by atoms with Crippen molar-refractivity contribution in [2.75, 3.05) is 30.8 Å². The normalized spacial score (nSPS) is 16.5. The number of carbonyl (C=O) groups excluding carboxylic acids is 1. The van der Waals surface area contributed by atoms with Gasteiger partial charge in [-0.1, -0.05) is 0 Å². The van der Waals surface area contributed by atoms with Gasteiger partial charge >= 0.3 is 6.09 Å². The van der Waals surface area contributed by atoms with Crippen molar-refractivity contribution in [1.82, 2.24) is 9.88 Å². The fourth-order valence-corrected chi connectivity index (χ4v) is 2.68. The molecule has 1 amide bonds. The number of rotatable bonds is 2. The zero-order valence-electron chi connectivity index (χ0n) is 13.9. The Labute approximate surface area is 132 Å². The minimum atomic E-state index is -0.448. The second-order valence-electron chi connectivity index (χ2n) is 6.74. The lowest BCUT2D eigenvalue weighted by Gasteiger charge is -2.38. The number of likely N-dealkylation sites (tertiary alicyclic amines) is 1. The van der Waals surface area contributed by atoms with Gasteiger partial charge in [-0.2, -0.15) is 0 Å². The summed E-state index contributed by atoms with van der Waals surface area (Å²) in [6, 6.07) is 2.29. The third kappa shape index (κ3) is 4.02. The molecule has 0 radical (unpaired) electrons. The summed E-state index contributed by atoms with van der Waals surface area (Å²) in [5.41, 5.74) is 7.21. The second kappa shape index (κ2) is 6.42. The highest BCUT2D eigenvalue weighted by Crippen LogP contribution is 2.26. The van der Waals surface area contributed by atoms with Crippen molar-refractivity contribution in [2.24, 2.45) is 0 Å². The SMILES string of the molecule is CN(c1ccncc1N)C1CCN(C(=O)OC(C)(C)C)CC1. The van der Waals surface area contributed by atoms with Gasteiger partial charge < -0.3 is 20.3 Å². The van der Waals surface area contributed by atoms with Gasteiger partial charge in [-0.25, -0.2) is 4.79 Å². The minimum Gasteiger partial charge on any atom is -0.444 e. The molecule has 2 N–H and O–H groups in total. The van der Waals surface area contributed by atoms with Gasteiger partial charge in [0.05, 0.1) is 17.6 Å². The molecule has 122 valence electrons. The van der Waals surface area contributed by atoms with Crippen LogP contribution in [0.2, 0.25) is 0 Å². The fraction of sp³-hybridized carbons (Fsp3) is 0.625. The van der Waals surface area contributed by atoms with E-state index in [1.54, 1.807) is 17.3 Å². The number of amides is 1. The summed E-state index contributed by atoms with van der Waals surface area (Å²) < 4.78 is 5.42. The van der Waals surface area contributed by atoms with Gasteiger partial charge in [-0.15, -0.1) is 0 Å². The Balaban J connectivity index is 1.92. The van der Waals surface area contributed by atoms with E-state index in [9.17, 15) is 4.79 Å². The predicted molar refractivity (Wildman–Crippen MR) is 87.9 cm³/mol. The summed E-state index contributed by atoms with van der Waals surface area (Å²) in [6.07, 6.45) is 4.99. The van der Waals surface area contributed by atoms with Crippen LogP contribution in [0.25, 0.3) is 0 Å². The van der Waals surface area contributed by atoms with Gasteiger partial charge in [-0.05, 0) is 39.7 Å². The summed E-state index contributed by atoms with van der Waals surface area (Å²) in [4.78, 5) is 20.1. The molecule has 0 atom stereocenters. The van der Waals surface area contributed by atoms with Crippen LogP contribution in [0.3, 0.4) is 0 Å². The lowest BCUT2D eigenvalue weighted by Crippen LogP contribution is -2.47. The van der Waals surface area contributed by atoms with Gasteiger partial charge in [0.2, 0.25) is 0 Å². The quantitative estimate of drug-likeness (QED) is 0.909. The third-order valence-corrected chi connectivity index (χ3v) is 3.87. The number of anilines is 2. The molecule has 1 fully saturated rings. The summed E-state index contributed by atoms with van der Waals surface area (Å²) in [7, 11) is 2.04. The molecule has 1 saturated heterocycles. The van der Waals surface area contributed by atoms with Crippen molar-refractivity contribution in [1.29, 1.82) is 0 Å². The largest absolute Gasteiger partial charge is 0.444 e. The van der Waals surface area contributed by atoms with Gasteiger partial charge in [0.1, 0.15) is 5.60 Å². The molecule has 0 saturated carbocycles. The van der Waals surface area contributed by atoms with Crippen molar-refractivity contribution in [3.05, 3.63) is 18.5 Å². The predicted octanol–water partition coefficient (Wildman–Crippen LogP) is 2.50. The highest BCUT2D eigenvalue weighted by atomic mass is 16.6. The molecule has 0 aliphatic carbocycles. The first kappa shape index (κ1) is 16.4. The van der Waals surface area contributed by atoms with Crippen LogP contribution in [0.1, 0.15) is 33.6 Å². The van der Waals surface area contributed by atoms with Crippen molar-refractivity contribution >= 4 is 17.5 Å². The van der Waals surface area contributed by atoms with Crippen LogP contribution < -0.4 is 10.6 Å². The summed E-state index contributed by atoms with van der Waals surface area (Å²) in [6.45, 7) is 7.07. The zero-order chi connectivity index (χ0) is 16.3. The Kier molecular flexibility index (Phi) is 4.78. The van der Waals surface area contributed by atoms with Crippen LogP contribution >= 0.6 is 0 Å². The first-order chi connectivity index (χ1) is 10.3. The van der Waals surface area contributed by atoms with Crippen molar-refractivity contribution in [3.63, 3.8) is 0 Å². The molecule has 6 heteroatoms. The molecule has 1 aromatic heterocycles. The van der Waals surface area contributed by atoms with Crippen LogP contribution in [0, 0.1) is 0 Å². The van der Waals surface area contributed by atoms with Crippen LogP contribution in [0.4, 0.5) is 16.2 Å². The maximum absolute atomic E-state index is 12.1. The minimum absolute atomic E-state index is 0.225. The molecular weight excluding hydrogens is 280 g/mol. The first-order valence-electron chi connectivity index (χ1n) is 7.68. The van der Waals surface area contributed by atoms with E-state index in [-0.39, 0.29) is 6.09 Å². The number of ether oxygens (including phenoxy) is 1. The van der Waals surface area contributed by atoms with E-state index >= 15 is 0 Å². The van der Waals surface area contributed by atoms with E-state index in [0.717, 1.165) is 18.5 Å². The van der Waals surface area contributed by atoms with E-state index in [2.05, 4.69) is 9.88 Å². The summed E-state index contributed by atoms with van der Waals surface area (Å²) in [5, 5.41) is 0. The Hall–Kier alpha value is -1.98. The van der Waals surface area contributed by atoms with Crippen molar-refractivity contribution in [3.8, 4) is 0 Å². The van der Waals surface area contributed by atoms with E-state index in [0.29, 0.717) is 24.8 Å². The molecular formula is C16H26N4O2. The summed E-state index contributed by atoms with van der Waals surface area (Å²) >= 11 is 0. The molecule has 22 heavy (non-hydrogen) atoms. The van der Waals surface area contributed by atoms with Crippen LogP contribution in [-0.4, -0.2) is 47.8 Å². The Bertz CT molecular complexity index is 519. The number of nitrogens with zero attached hydrogens (tertiary/aromatic N) is 3. The number of nitrogens with two attached hydrogens (primary N) is 1. The van der Waals surface area contributed by atoms with Crippen LogP contribution in [-0.2, 0) is 4.74 Å². The topological polar surface area (TPSA) is 71.7 Å². The maximum atomic E-state index is 12.1. The van der Waals surface area contributed by atoms with Gasteiger partial charge in [-0.3, -0.25) is 4.98 Å². The molecule has 1 aliphatic heterocycles. The van der Waals surface area contributed by atoms with E-state index in [4.69, 9.17) is 10.5 Å². The fourth-order valence-electron chi connectivity index (χ4n) is 2.68. The average molecular weight is 306 g/mol. The maximum Gasteiger partial charge on any atom is 0.410 e. The smallest absolute Gasteiger partial charge is 0.410 e. The van der Waals surface area contributed by atoms with Crippen molar-refractivity contribution in [2.45, 2.75) is 45.3 Å². The molecule has 0 aromatic carbocycles. The number of carbonyl (C=O) groups is 1. The summed E-state index contributed by atoms with van der Waals surface area (Å²) in [5.74, 6) is 0. The van der Waals surface area contributed by atoms with E-state index < -0.39 is 5.60 Å². The van der Waals surface area contributed by atoms with Gasteiger partial charge in [0.15, 0.2) is 0 Å². The number of hydrogen-bond donors (Lipinski definition) is 1. The molecule has 0 bridgehead atoms. The highest BCUT2D eigenvalue weighted by molar-refractivity contribution is 5.69. The Morgan fingerprint density at radius 1 is 1.41 bits per heavy atom. The monoisotopic (exact) mass is 306 g/mol. The zero-order valence-corrected chi connectivity index (χ0v) is 13.9. The lowest BCUT2D eigenvalue weighted by atomic mass is 10.0. The molecule has 0 spiro atoms. The van der Waals surface area contributed by atoms with E-state index in [1.807, 2.05) is 33.9 Å². The molecule has 1 aromatic rings. The molecule has 2 heterocycles. The van der Waals surface area contributed by atoms with Gasteiger partial charge in [0.25, 0.3) is 0 Å². The first-order valence-corrected chi connectivity index (χ1v) is 7.68. The Morgan fingerprint density at radius 2 is 2.05 bits per heavy atom. The number of aromatic nitrogens is 1.